The minimum atomic E-state index is -3.98. The molecule has 162 valence electrons. The van der Waals surface area contributed by atoms with Crippen LogP contribution >= 0.6 is 11.6 Å². The Morgan fingerprint density at radius 3 is 2.42 bits per heavy atom. The summed E-state index contributed by atoms with van der Waals surface area (Å²) >= 11 is 6.13. The Morgan fingerprint density at radius 1 is 0.968 bits per heavy atom. The molecule has 6 nitrogen and oxygen atoms in total. The third-order valence-corrected chi connectivity index (χ3v) is 6.50. The van der Waals surface area contributed by atoms with E-state index in [1.807, 2.05) is 50.2 Å². The van der Waals surface area contributed by atoms with Crippen LogP contribution in [0.1, 0.15) is 21.5 Å². The predicted molar refractivity (Wildman–Crippen MR) is 122 cm³/mol. The third kappa shape index (κ3) is 5.99. The normalized spacial score (nSPS) is 11.1. The highest BCUT2D eigenvalue weighted by atomic mass is 35.5. The molecular weight excluding hydrogens is 436 g/mol. The number of sulfonamides is 1. The van der Waals surface area contributed by atoms with Crippen LogP contribution in [0.25, 0.3) is 0 Å². The maximum Gasteiger partial charge on any atom is 0.263 e. The zero-order chi connectivity index (χ0) is 22.4. The molecule has 3 aromatic rings. The zero-order valence-electron chi connectivity index (χ0n) is 17.2. The van der Waals surface area contributed by atoms with Crippen LogP contribution in [0, 0.1) is 13.8 Å². The van der Waals surface area contributed by atoms with Crippen LogP contribution < -0.4 is 14.8 Å². The molecule has 0 atom stereocenters. The summed E-state index contributed by atoms with van der Waals surface area (Å²) in [6.07, 6.45) is 0. The highest BCUT2D eigenvalue weighted by Gasteiger charge is 2.20. The first-order valence-electron chi connectivity index (χ1n) is 9.62. The summed E-state index contributed by atoms with van der Waals surface area (Å²) in [6, 6.07) is 18.6. The van der Waals surface area contributed by atoms with Crippen molar-refractivity contribution in [2.75, 3.05) is 17.9 Å². The van der Waals surface area contributed by atoms with Gasteiger partial charge in [-0.1, -0.05) is 35.9 Å². The summed E-state index contributed by atoms with van der Waals surface area (Å²) in [5.74, 6) is 0.282. The number of aryl methyl sites for hydroxylation is 2. The fourth-order valence-corrected chi connectivity index (χ4v) is 4.39. The van der Waals surface area contributed by atoms with Gasteiger partial charge in [-0.05, 0) is 67.4 Å². The lowest BCUT2D eigenvalue weighted by Crippen LogP contribution is -2.28. The number of nitrogens with one attached hydrogen (secondary N) is 2. The van der Waals surface area contributed by atoms with Gasteiger partial charge in [-0.15, -0.1) is 0 Å². The number of benzene rings is 3. The number of ether oxygens (including phenoxy) is 1. The molecule has 0 aromatic heterocycles. The number of hydrogen-bond acceptors (Lipinski definition) is 4. The fourth-order valence-electron chi connectivity index (χ4n) is 2.82. The highest BCUT2D eigenvalue weighted by Crippen LogP contribution is 2.26. The summed E-state index contributed by atoms with van der Waals surface area (Å²) < 4.78 is 33.8. The van der Waals surface area contributed by atoms with E-state index >= 15 is 0 Å². The van der Waals surface area contributed by atoms with Crippen LogP contribution in [0.5, 0.6) is 5.75 Å². The Kier molecular flexibility index (Phi) is 7.20. The third-order valence-electron chi connectivity index (χ3n) is 4.64. The number of para-hydroxylation sites is 1. The second-order valence-electron chi connectivity index (χ2n) is 6.97. The van der Waals surface area contributed by atoms with E-state index in [0.717, 1.165) is 11.1 Å². The van der Waals surface area contributed by atoms with Crippen molar-refractivity contribution in [3.63, 3.8) is 0 Å². The minimum Gasteiger partial charge on any atom is -0.492 e. The highest BCUT2D eigenvalue weighted by molar-refractivity contribution is 7.92. The minimum absolute atomic E-state index is 0.0281. The molecule has 3 rings (SSSR count). The van der Waals surface area contributed by atoms with Crippen molar-refractivity contribution in [2.45, 2.75) is 18.7 Å². The van der Waals surface area contributed by atoms with Gasteiger partial charge in [0.15, 0.2) is 0 Å². The molecule has 0 heterocycles. The molecule has 1 amide bonds. The zero-order valence-corrected chi connectivity index (χ0v) is 18.8. The Bertz CT molecular complexity index is 1180. The lowest BCUT2D eigenvalue weighted by Gasteiger charge is -2.12. The number of anilines is 1. The molecule has 8 heteroatoms. The van der Waals surface area contributed by atoms with Crippen LogP contribution in [0.15, 0.2) is 71.6 Å². The molecule has 0 radical (unpaired) electrons. The molecule has 0 unspecified atom stereocenters. The maximum absolute atomic E-state index is 12.9. The van der Waals surface area contributed by atoms with Crippen molar-refractivity contribution in [1.29, 1.82) is 0 Å². The van der Waals surface area contributed by atoms with Crippen LogP contribution in [0.2, 0.25) is 5.02 Å². The van der Waals surface area contributed by atoms with Crippen molar-refractivity contribution in [1.82, 2.24) is 5.32 Å². The Morgan fingerprint density at radius 2 is 1.71 bits per heavy atom. The van der Waals surface area contributed by atoms with Gasteiger partial charge in [0.05, 0.1) is 11.6 Å². The van der Waals surface area contributed by atoms with Gasteiger partial charge in [-0.3, -0.25) is 9.52 Å². The quantitative estimate of drug-likeness (QED) is 0.484. The van der Waals surface area contributed by atoms with Gasteiger partial charge in [-0.2, -0.15) is 0 Å². The van der Waals surface area contributed by atoms with Crippen LogP contribution in [-0.4, -0.2) is 27.5 Å². The van der Waals surface area contributed by atoms with Crippen molar-refractivity contribution in [2.24, 2.45) is 0 Å². The smallest absolute Gasteiger partial charge is 0.263 e. The van der Waals surface area contributed by atoms with Gasteiger partial charge in [0.25, 0.3) is 15.9 Å². The van der Waals surface area contributed by atoms with E-state index in [-0.39, 0.29) is 28.6 Å². The van der Waals surface area contributed by atoms with Gasteiger partial charge in [0.1, 0.15) is 17.3 Å². The van der Waals surface area contributed by atoms with Gasteiger partial charge < -0.3 is 10.1 Å². The van der Waals surface area contributed by atoms with Crippen LogP contribution in [-0.2, 0) is 10.0 Å². The Hall–Kier alpha value is -3.03. The van der Waals surface area contributed by atoms with Crippen LogP contribution in [0.3, 0.4) is 0 Å². The van der Waals surface area contributed by atoms with Crippen LogP contribution in [0.4, 0.5) is 5.69 Å². The lowest BCUT2D eigenvalue weighted by atomic mass is 10.1. The van der Waals surface area contributed by atoms with E-state index in [0.29, 0.717) is 11.4 Å². The standard InChI is InChI=1S/C23H23ClN2O4S/c1-16-8-10-19(14-17(16)2)26-31(28,29)22-15-18(9-11-21(22)24)23(27)25-12-13-30-20-6-4-3-5-7-20/h3-11,14-15,26H,12-13H2,1-2H3,(H,25,27). The summed E-state index contributed by atoms with van der Waals surface area (Å²) in [7, 11) is -3.98. The first-order chi connectivity index (χ1) is 14.8. The number of carbonyl (C=O) groups is 1. The summed E-state index contributed by atoms with van der Waals surface area (Å²) in [5, 5.41) is 2.74. The van der Waals surface area contributed by atoms with E-state index in [1.165, 1.54) is 18.2 Å². The molecule has 0 bridgehead atoms. The first-order valence-corrected chi connectivity index (χ1v) is 11.5. The SMILES string of the molecule is Cc1ccc(NS(=O)(=O)c2cc(C(=O)NCCOc3ccccc3)ccc2Cl)cc1C. The predicted octanol–water partition coefficient (Wildman–Crippen LogP) is 4.57. The average molecular weight is 459 g/mol. The summed E-state index contributed by atoms with van der Waals surface area (Å²) in [5.41, 5.74) is 2.62. The molecule has 0 aliphatic rings. The van der Waals surface area contributed by atoms with Crippen molar-refractivity contribution >= 4 is 33.2 Å². The maximum atomic E-state index is 12.9. The van der Waals surface area contributed by atoms with Gasteiger partial charge >= 0.3 is 0 Å². The van der Waals surface area contributed by atoms with E-state index in [9.17, 15) is 13.2 Å². The molecule has 31 heavy (non-hydrogen) atoms. The molecule has 0 fully saturated rings. The number of carbonyl (C=O) groups excluding carboxylic acids is 1. The number of rotatable bonds is 8. The Balaban J connectivity index is 1.68. The van der Waals surface area contributed by atoms with E-state index in [2.05, 4.69) is 10.0 Å². The van der Waals surface area contributed by atoms with Crippen molar-refractivity contribution in [3.8, 4) is 5.75 Å². The van der Waals surface area contributed by atoms with Crippen molar-refractivity contribution < 1.29 is 17.9 Å². The second kappa shape index (κ2) is 9.85. The Labute approximate surface area is 187 Å². The molecule has 0 saturated carbocycles. The van der Waals surface area contributed by atoms with Crippen molar-refractivity contribution in [3.05, 3.63) is 88.4 Å². The molecule has 2 N–H and O–H groups in total. The number of hydrogen-bond donors (Lipinski definition) is 2. The van der Waals surface area contributed by atoms with Gasteiger partial charge in [0, 0.05) is 11.3 Å². The fraction of sp³-hybridized carbons (Fsp3) is 0.174. The molecule has 0 aliphatic heterocycles. The molecular formula is C23H23ClN2O4S. The second-order valence-corrected chi connectivity index (χ2v) is 9.03. The van der Waals surface area contributed by atoms with E-state index in [4.69, 9.17) is 16.3 Å². The van der Waals surface area contributed by atoms with E-state index in [1.54, 1.807) is 12.1 Å². The molecule has 0 spiro atoms. The molecule has 0 aliphatic carbocycles. The average Bonchev–Trinajstić information content (AvgIpc) is 2.74. The first kappa shape index (κ1) is 22.7. The molecule has 0 saturated heterocycles. The van der Waals surface area contributed by atoms with Gasteiger partial charge in [-0.25, -0.2) is 8.42 Å². The largest absolute Gasteiger partial charge is 0.492 e. The number of halogens is 1. The summed E-state index contributed by atoms with van der Waals surface area (Å²) in [4.78, 5) is 12.3. The summed E-state index contributed by atoms with van der Waals surface area (Å²) in [6.45, 7) is 4.38. The van der Waals surface area contributed by atoms with E-state index < -0.39 is 15.9 Å². The lowest BCUT2D eigenvalue weighted by molar-refractivity contribution is 0.0947. The topological polar surface area (TPSA) is 84.5 Å². The molecule has 3 aromatic carbocycles. The monoisotopic (exact) mass is 458 g/mol. The number of amides is 1. The van der Waals surface area contributed by atoms with Gasteiger partial charge in [0.2, 0.25) is 0 Å².